The normalized spacial score (nSPS) is 10.6. The van der Waals surface area contributed by atoms with Gasteiger partial charge in [-0.15, -0.1) is 0 Å². The molecule has 0 saturated carbocycles. The molecule has 1 aromatic heterocycles. The standard InChI is InChI=1S/C15H16ClFN2O/c1-3-18-8-11-6-10(2)15(19-9-11)20-14-5-4-12(17)7-13(14)16/h4-7,9,18H,3,8H2,1-2H3. The Hall–Kier alpha value is -1.65. The Morgan fingerprint density at radius 3 is 2.80 bits per heavy atom. The van der Waals surface area contributed by atoms with Crippen LogP contribution >= 0.6 is 11.6 Å². The first kappa shape index (κ1) is 14.8. The highest BCUT2D eigenvalue weighted by molar-refractivity contribution is 6.32. The zero-order chi connectivity index (χ0) is 14.5. The molecule has 1 N–H and O–H groups in total. The van der Waals surface area contributed by atoms with Crippen molar-refractivity contribution in [1.82, 2.24) is 10.3 Å². The van der Waals surface area contributed by atoms with E-state index in [0.717, 1.165) is 24.2 Å². The zero-order valence-electron chi connectivity index (χ0n) is 11.4. The summed E-state index contributed by atoms with van der Waals surface area (Å²) in [5.41, 5.74) is 1.99. The summed E-state index contributed by atoms with van der Waals surface area (Å²) in [6, 6.07) is 6.01. The maximum atomic E-state index is 13.0. The number of rotatable bonds is 5. The van der Waals surface area contributed by atoms with Crippen molar-refractivity contribution in [2.24, 2.45) is 0 Å². The third-order valence-corrected chi connectivity index (χ3v) is 3.06. The molecule has 0 aliphatic heterocycles. The molecule has 2 rings (SSSR count). The molecule has 20 heavy (non-hydrogen) atoms. The summed E-state index contributed by atoms with van der Waals surface area (Å²) < 4.78 is 18.6. The van der Waals surface area contributed by atoms with Crippen LogP contribution in [0.3, 0.4) is 0 Å². The van der Waals surface area contributed by atoms with E-state index in [4.69, 9.17) is 16.3 Å². The van der Waals surface area contributed by atoms with Crippen LogP contribution in [0.2, 0.25) is 5.02 Å². The van der Waals surface area contributed by atoms with Crippen LogP contribution in [0.25, 0.3) is 0 Å². The molecule has 106 valence electrons. The number of pyridine rings is 1. The van der Waals surface area contributed by atoms with Crippen LogP contribution < -0.4 is 10.1 Å². The summed E-state index contributed by atoms with van der Waals surface area (Å²) in [7, 11) is 0. The van der Waals surface area contributed by atoms with E-state index in [9.17, 15) is 4.39 Å². The van der Waals surface area contributed by atoms with Gasteiger partial charge in [-0.3, -0.25) is 0 Å². The molecule has 0 saturated heterocycles. The summed E-state index contributed by atoms with van der Waals surface area (Å²) in [6.07, 6.45) is 1.75. The van der Waals surface area contributed by atoms with Crippen LogP contribution in [0.1, 0.15) is 18.1 Å². The van der Waals surface area contributed by atoms with Gasteiger partial charge in [0.05, 0.1) is 5.02 Å². The average molecular weight is 295 g/mol. The van der Waals surface area contributed by atoms with Crippen LogP contribution in [0, 0.1) is 12.7 Å². The minimum Gasteiger partial charge on any atom is -0.437 e. The molecule has 2 aromatic rings. The van der Waals surface area contributed by atoms with Gasteiger partial charge in [0, 0.05) is 18.3 Å². The van der Waals surface area contributed by atoms with Gasteiger partial charge in [0.1, 0.15) is 11.6 Å². The molecule has 0 atom stereocenters. The van der Waals surface area contributed by atoms with E-state index < -0.39 is 5.82 Å². The van der Waals surface area contributed by atoms with Crippen molar-refractivity contribution in [1.29, 1.82) is 0 Å². The van der Waals surface area contributed by atoms with Gasteiger partial charge >= 0.3 is 0 Å². The first-order valence-corrected chi connectivity index (χ1v) is 6.77. The van der Waals surface area contributed by atoms with Gasteiger partial charge in [0.2, 0.25) is 5.88 Å². The summed E-state index contributed by atoms with van der Waals surface area (Å²) in [5, 5.41) is 3.46. The van der Waals surface area contributed by atoms with Crippen LogP contribution in [0.5, 0.6) is 11.6 Å². The van der Waals surface area contributed by atoms with Crippen LogP contribution in [0.15, 0.2) is 30.5 Å². The fraction of sp³-hybridized carbons (Fsp3) is 0.267. The fourth-order valence-electron chi connectivity index (χ4n) is 1.76. The van der Waals surface area contributed by atoms with E-state index in [1.165, 1.54) is 18.2 Å². The molecule has 0 bridgehead atoms. The van der Waals surface area contributed by atoms with Gasteiger partial charge < -0.3 is 10.1 Å². The lowest BCUT2D eigenvalue weighted by molar-refractivity contribution is 0.457. The molecule has 1 aromatic carbocycles. The van der Waals surface area contributed by atoms with Crippen LogP contribution in [-0.4, -0.2) is 11.5 Å². The third-order valence-electron chi connectivity index (χ3n) is 2.77. The Bertz CT molecular complexity index is 604. The Morgan fingerprint density at radius 1 is 1.35 bits per heavy atom. The number of hydrogen-bond acceptors (Lipinski definition) is 3. The highest BCUT2D eigenvalue weighted by Gasteiger charge is 2.08. The van der Waals surface area contributed by atoms with E-state index in [2.05, 4.69) is 10.3 Å². The molecule has 0 aliphatic carbocycles. The van der Waals surface area contributed by atoms with Gasteiger partial charge in [-0.1, -0.05) is 18.5 Å². The van der Waals surface area contributed by atoms with E-state index >= 15 is 0 Å². The highest BCUT2D eigenvalue weighted by Crippen LogP contribution is 2.30. The fourth-order valence-corrected chi connectivity index (χ4v) is 1.96. The smallest absolute Gasteiger partial charge is 0.222 e. The summed E-state index contributed by atoms with van der Waals surface area (Å²) in [4.78, 5) is 4.28. The lowest BCUT2D eigenvalue weighted by Gasteiger charge is -2.10. The number of nitrogens with zero attached hydrogens (tertiary/aromatic N) is 1. The quantitative estimate of drug-likeness (QED) is 0.902. The molecule has 3 nitrogen and oxygen atoms in total. The average Bonchev–Trinajstić information content (AvgIpc) is 2.42. The summed E-state index contributed by atoms with van der Waals surface area (Å²) in [5.74, 6) is 0.467. The Morgan fingerprint density at radius 2 is 2.15 bits per heavy atom. The number of aromatic nitrogens is 1. The second-order valence-electron chi connectivity index (χ2n) is 4.42. The van der Waals surface area contributed by atoms with E-state index in [-0.39, 0.29) is 5.02 Å². The SMILES string of the molecule is CCNCc1cnc(Oc2ccc(F)cc2Cl)c(C)c1. The summed E-state index contributed by atoms with van der Waals surface area (Å²) in [6.45, 7) is 5.63. The Kier molecular flexibility index (Phi) is 4.93. The first-order chi connectivity index (χ1) is 9.60. The topological polar surface area (TPSA) is 34.2 Å². The second kappa shape index (κ2) is 6.68. The molecule has 0 aliphatic rings. The van der Waals surface area contributed by atoms with Gasteiger partial charge in [-0.25, -0.2) is 9.37 Å². The predicted molar refractivity (Wildman–Crippen MR) is 77.8 cm³/mol. The van der Waals surface area contributed by atoms with Crippen LogP contribution in [-0.2, 0) is 6.54 Å². The predicted octanol–water partition coefficient (Wildman–Crippen LogP) is 4.08. The first-order valence-electron chi connectivity index (χ1n) is 6.39. The summed E-state index contributed by atoms with van der Waals surface area (Å²) >= 11 is 5.93. The molecule has 1 heterocycles. The number of halogens is 2. The number of hydrogen-bond donors (Lipinski definition) is 1. The van der Waals surface area contributed by atoms with Gasteiger partial charge in [0.25, 0.3) is 0 Å². The third kappa shape index (κ3) is 3.68. The van der Waals surface area contributed by atoms with Crippen LogP contribution in [0.4, 0.5) is 4.39 Å². The van der Waals surface area contributed by atoms with Gasteiger partial charge in [0.15, 0.2) is 0 Å². The molecule has 0 amide bonds. The number of ether oxygens (including phenoxy) is 1. The Balaban J connectivity index is 2.17. The van der Waals surface area contributed by atoms with Crippen molar-refractivity contribution in [2.75, 3.05) is 6.54 Å². The van der Waals surface area contributed by atoms with E-state index in [0.29, 0.717) is 11.6 Å². The van der Waals surface area contributed by atoms with Crippen molar-refractivity contribution in [3.05, 3.63) is 52.4 Å². The monoisotopic (exact) mass is 294 g/mol. The number of aryl methyl sites for hydroxylation is 1. The zero-order valence-corrected chi connectivity index (χ0v) is 12.2. The molecule has 0 fully saturated rings. The highest BCUT2D eigenvalue weighted by atomic mass is 35.5. The number of nitrogens with one attached hydrogen (secondary N) is 1. The molecule has 0 unspecified atom stereocenters. The lowest BCUT2D eigenvalue weighted by Crippen LogP contribution is -2.12. The van der Waals surface area contributed by atoms with Gasteiger partial charge in [-0.05, 0) is 43.3 Å². The van der Waals surface area contributed by atoms with E-state index in [1.807, 2.05) is 19.9 Å². The van der Waals surface area contributed by atoms with Gasteiger partial charge in [-0.2, -0.15) is 0 Å². The molecule has 0 spiro atoms. The maximum absolute atomic E-state index is 13.0. The molecule has 0 radical (unpaired) electrons. The van der Waals surface area contributed by atoms with Crippen molar-refractivity contribution in [3.8, 4) is 11.6 Å². The van der Waals surface area contributed by atoms with E-state index in [1.54, 1.807) is 6.20 Å². The minimum absolute atomic E-state index is 0.225. The lowest BCUT2D eigenvalue weighted by atomic mass is 10.2. The van der Waals surface area contributed by atoms with Crippen molar-refractivity contribution < 1.29 is 9.13 Å². The minimum atomic E-state index is -0.395. The largest absolute Gasteiger partial charge is 0.437 e. The molecular formula is C15H16ClFN2O. The van der Waals surface area contributed by atoms with Crippen molar-refractivity contribution in [2.45, 2.75) is 20.4 Å². The molecule has 5 heteroatoms. The molecular weight excluding hydrogens is 279 g/mol. The maximum Gasteiger partial charge on any atom is 0.222 e. The van der Waals surface area contributed by atoms with Crippen molar-refractivity contribution >= 4 is 11.6 Å². The Labute approximate surface area is 122 Å². The number of benzene rings is 1. The van der Waals surface area contributed by atoms with Crippen molar-refractivity contribution in [3.63, 3.8) is 0 Å². The second-order valence-corrected chi connectivity index (χ2v) is 4.83.